The van der Waals surface area contributed by atoms with E-state index in [-0.39, 0.29) is 12.6 Å². The summed E-state index contributed by atoms with van der Waals surface area (Å²) in [4.78, 5) is 12.3. The smallest absolute Gasteiger partial charge is 0.164 e. The van der Waals surface area contributed by atoms with Crippen LogP contribution in [0, 0.1) is 6.92 Å². The Kier molecular flexibility index (Phi) is 7.97. The molecule has 180 valence electrons. The van der Waals surface area contributed by atoms with Crippen LogP contribution in [-0.2, 0) is 4.74 Å². The van der Waals surface area contributed by atoms with Crippen LogP contribution in [0.1, 0.15) is 18.9 Å². The standard InChI is InChI=1S/C24H36N6O3/c1-16-13-30(9-8-26-16)24-17(2)22(27-19-7-10-32-14-19)28-23(29-24)18-5-4-6-21(11-18)33-15-20(31)12-25-3/h4-6,11,16,19-20,25-26,31H,7-10,12-15H2,1-3H3,(H,27,28,29). The number of benzene rings is 1. The molecule has 4 rings (SSSR count). The number of nitrogens with zero attached hydrogens (tertiary/aromatic N) is 3. The van der Waals surface area contributed by atoms with Crippen LogP contribution in [0.5, 0.6) is 5.75 Å². The third kappa shape index (κ3) is 6.11. The molecule has 0 aliphatic carbocycles. The molecule has 0 bridgehead atoms. The van der Waals surface area contributed by atoms with Crippen molar-refractivity contribution in [2.24, 2.45) is 0 Å². The number of rotatable bonds is 9. The van der Waals surface area contributed by atoms with E-state index in [4.69, 9.17) is 19.4 Å². The summed E-state index contributed by atoms with van der Waals surface area (Å²) in [5.41, 5.74) is 1.94. The molecule has 3 atom stereocenters. The molecule has 0 radical (unpaired) electrons. The first kappa shape index (κ1) is 23.7. The van der Waals surface area contributed by atoms with E-state index in [0.717, 1.165) is 55.4 Å². The average Bonchev–Trinajstić information content (AvgIpc) is 3.32. The monoisotopic (exact) mass is 456 g/mol. The molecular formula is C24H36N6O3. The van der Waals surface area contributed by atoms with Crippen molar-refractivity contribution in [2.75, 3.05) is 63.3 Å². The van der Waals surface area contributed by atoms with Crippen molar-refractivity contribution in [3.8, 4) is 17.1 Å². The van der Waals surface area contributed by atoms with E-state index in [1.807, 2.05) is 24.3 Å². The van der Waals surface area contributed by atoms with Crippen LogP contribution in [0.3, 0.4) is 0 Å². The molecule has 0 saturated carbocycles. The maximum atomic E-state index is 9.96. The normalized spacial score (nSPS) is 21.8. The van der Waals surface area contributed by atoms with E-state index in [1.54, 1.807) is 7.05 Å². The number of aliphatic hydroxyl groups excluding tert-OH is 1. The summed E-state index contributed by atoms with van der Waals surface area (Å²) in [6.45, 7) is 9.18. The SMILES string of the molecule is CNCC(O)COc1cccc(-c2nc(NC3CCOC3)c(C)c(N3CCNC(C)C3)n2)c1. The Hall–Kier alpha value is -2.46. The van der Waals surface area contributed by atoms with Crippen molar-refractivity contribution < 1.29 is 14.6 Å². The largest absolute Gasteiger partial charge is 0.491 e. The number of piperazine rings is 1. The third-order valence-electron chi connectivity index (χ3n) is 6.03. The second-order valence-electron chi connectivity index (χ2n) is 8.90. The van der Waals surface area contributed by atoms with Crippen molar-refractivity contribution in [1.29, 1.82) is 0 Å². The van der Waals surface area contributed by atoms with Gasteiger partial charge in [0, 0.05) is 50.0 Å². The quantitative estimate of drug-likeness (QED) is 0.446. The van der Waals surface area contributed by atoms with E-state index in [0.29, 0.717) is 30.8 Å². The van der Waals surface area contributed by atoms with Crippen molar-refractivity contribution in [3.05, 3.63) is 29.8 Å². The van der Waals surface area contributed by atoms with Crippen LogP contribution in [0.15, 0.2) is 24.3 Å². The van der Waals surface area contributed by atoms with Crippen molar-refractivity contribution >= 4 is 11.6 Å². The lowest BCUT2D eigenvalue weighted by Gasteiger charge is -2.34. The van der Waals surface area contributed by atoms with Crippen LogP contribution >= 0.6 is 0 Å². The molecule has 33 heavy (non-hydrogen) atoms. The van der Waals surface area contributed by atoms with Crippen molar-refractivity contribution in [2.45, 2.75) is 38.5 Å². The molecule has 2 fully saturated rings. The fourth-order valence-electron chi connectivity index (χ4n) is 4.26. The van der Waals surface area contributed by atoms with Gasteiger partial charge in [0.05, 0.1) is 12.6 Å². The number of hydrogen-bond acceptors (Lipinski definition) is 9. The molecule has 3 heterocycles. The maximum Gasteiger partial charge on any atom is 0.164 e. The molecule has 2 saturated heterocycles. The maximum absolute atomic E-state index is 9.96. The summed E-state index contributed by atoms with van der Waals surface area (Å²) in [7, 11) is 1.80. The van der Waals surface area contributed by atoms with Gasteiger partial charge < -0.3 is 35.4 Å². The summed E-state index contributed by atoms with van der Waals surface area (Å²) in [5, 5.41) is 20.0. The molecule has 0 spiro atoms. The topological polar surface area (TPSA) is 104 Å². The van der Waals surface area contributed by atoms with Gasteiger partial charge in [0.2, 0.25) is 0 Å². The van der Waals surface area contributed by atoms with Crippen LogP contribution in [-0.4, -0.2) is 86.3 Å². The van der Waals surface area contributed by atoms with Crippen LogP contribution in [0.4, 0.5) is 11.6 Å². The zero-order valence-corrected chi connectivity index (χ0v) is 19.8. The first-order chi connectivity index (χ1) is 16.0. The minimum atomic E-state index is -0.569. The van der Waals surface area contributed by atoms with Gasteiger partial charge in [-0.3, -0.25) is 0 Å². The van der Waals surface area contributed by atoms with E-state index in [2.05, 4.69) is 34.7 Å². The van der Waals surface area contributed by atoms with E-state index in [1.165, 1.54) is 0 Å². The van der Waals surface area contributed by atoms with Crippen molar-refractivity contribution in [1.82, 2.24) is 20.6 Å². The van der Waals surface area contributed by atoms with Gasteiger partial charge in [0.15, 0.2) is 5.82 Å². The van der Waals surface area contributed by atoms with Crippen LogP contribution in [0.25, 0.3) is 11.4 Å². The highest BCUT2D eigenvalue weighted by molar-refractivity contribution is 5.67. The molecule has 2 aliphatic heterocycles. The molecule has 9 nitrogen and oxygen atoms in total. The Morgan fingerprint density at radius 2 is 2.24 bits per heavy atom. The van der Waals surface area contributed by atoms with Gasteiger partial charge in [-0.25, -0.2) is 9.97 Å². The number of ether oxygens (including phenoxy) is 2. The summed E-state index contributed by atoms with van der Waals surface area (Å²) >= 11 is 0. The van der Waals surface area contributed by atoms with E-state index < -0.39 is 6.10 Å². The summed E-state index contributed by atoms with van der Waals surface area (Å²) < 4.78 is 11.4. The van der Waals surface area contributed by atoms with Gasteiger partial charge in [-0.2, -0.15) is 0 Å². The fraction of sp³-hybridized carbons (Fsp3) is 0.583. The lowest BCUT2D eigenvalue weighted by Crippen LogP contribution is -2.49. The number of nitrogens with one attached hydrogen (secondary N) is 3. The number of hydrogen-bond donors (Lipinski definition) is 4. The lowest BCUT2D eigenvalue weighted by molar-refractivity contribution is 0.108. The average molecular weight is 457 g/mol. The Balaban J connectivity index is 1.64. The van der Waals surface area contributed by atoms with Crippen molar-refractivity contribution in [3.63, 3.8) is 0 Å². The predicted molar refractivity (Wildman–Crippen MR) is 130 cm³/mol. The molecule has 1 aromatic carbocycles. The van der Waals surface area contributed by atoms with Gasteiger partial charge >= 0.3 is 0 Å². The highest BCUT2D eigenvalue weighted by atomic mass is 16.5. The zero-order chi connectivity index (χ0) is 23.2. The van der Waals surface area contributed by atoms with Crippen LogP contribution in [0.2, 0.25) is 0 Å². The van der Waals surface area contributed by atoms with E-state index in [9.17, 15) is 5.11 Å². The highest BCUT2D eigenvalue weighted by Crippen LogP contribution is 2.30. The zero-order valence-electron chi connectivity index (χ0n) is 19.8. The minimum Gasteiger partial charge on any atom is -0.491 e. The lowest BCUT2D eigenvalue weighted by atomic mass is 10.1. The Bertz CT molecular complexity index is 921. The Morgan fingerprint density at radius 3 is 3.00 bits per heavy atom. The first-order valence-corrected chi connectivity index (χ1v) is 11.8. The Morgan fingerprint density at radius 1 is 1.36 bits per heavy atom. The van der Waals surface area contributed by atoms with Gasteiger partial charge in [0.1, 0.15) is 30.1 Å². The molecule has 3 unspecified atom stereocenters. The fourth-order valence-corrected chi connectivity index (χ4v) is 4.26. The number of anilines is 2. The predicted octanol–water partition coefficient (Wildman–Crippen LogP) is 1.41. The Labute approximate surface area is 195 Å². The number of aromatic nitrogens is 2. The first-order valence-electron chi connectivity index (χ1n) is 11.8. The minimum absolute atomic E-state index is 0.220. The van der Waals surface area contributed by atoms with Gasteiger partial charge in [-0.1, -0.05) is 12.1 Å². The molecule has 2 aromatic rings. The van der Waals surface area contributed by atoms with Gasteiger partial charge in [-0.05, 0) is 39.4 Å². The second kappa shape index (κ2) is 11.1. The van der Waals surface area contributed by atoms with E-state index >= 15 is 0 Å². The number of likely N-dealkylation sites (N-methyl/N-ethyl adjacent to an activating group) is 1. The summed E-state index contributed by atoms with van der Waals surface area (Å²) in [6.07, 6.45) is 0.400. The third-order valence-corrected chi connectivity index (χ3v) is 6.03. The summed E-state index contributed by atoms with van der Waals surface area (Å²) in [6, 6.07) is 8.40. The molecule has 2 aliphatic rings. The van der Waals surface area contributed by atoms with Gasteiger partial charge in [-0.15, -0.1) is 0 Å². The molecule has 4 N–H and O–H groups in total. The molecule has 0 amide bonds. The molecule has 1 aromatic heterocycles. The number of aliphatic hydroxyl groups is 1. The summed E-state index contributed by atoms with van der Waals surface area (Å²) in [5.74, 6) is 3.16. The highest BCUT2D eigenvalue weighted by Gasteiger charge is 2.24. The second-order valence-corrected chi connectivity index (χ2v) is 8.90. The molecular weight excluding hydrogens is 420 g/mol. The van der Waals surface area contributed by atoms with Crippen LogP contribution < -0.4 is 25.6 Å². The molecule has 9 heteroatoms. The van der Waals surface area contributed by atoms with Gasteiger partial charge in [0.25, 0.3) is 0 Å².